The van der Waals surface area contributed by atoms with E-state index >= 15 is 0 Å². The molecule has 0 bridgehead atoms. The fourth-order valence-electron chi connectivity index (χ4n) is 0.572. The Balaban J connectivity index is 4.60. The summed E-state index contributed by atoms with van der Waals surface area (Å²) in [6.45, 7) is 3.30. The normalized spacial score (nSPS) is 11.7. The number of halogens is 1. The molecule has 0 saturated carbocycles. The van der Waals surface area contributed by atoms with Crippen LogP contribution >= 0.6 is 11.6 Å². The molecular formula is C8H11ClO4. The maximum Gasteiger partial charge on any atom is 0.350 e. The molecule has 5 heteroatoms. The van der Waals surface area contributed by atoms with Crippen molar-refractivity contribution < 1.29 is 19.1 Å². The van der Waals surface area contributed by atoms with Gasteiger partial charge in [0.15, 0.2) is 0 Å². The summed E-state index contributed by atoms with van der Waals surface area (Å²) in [5, 5.41) is -0.249. The van der Waals surface area contributed by atoms with Crippen molar-refractivity contribution in [3.05, 3.63) is 10.6 Å². The predicted octanol–water partition coefficient (Wildman–Crippen LogP) is 1.24. The summed E-state index contributed by atoms with van der Waals surface area (Å²) < 4.78 is 8.96. The molecule has 0 aliphatic rings. The molecule has 74 valence electrons. The van der Waals surface area contributed by atoms with Gasteiger partial charge in [-0.1, -0.05) is 11.6 Å². The van der Waals surface area contributed by atoms with E-state index in [0.717, 1.165) is 0 Å². The van der Waals surface area contributed by atoms with Gasteiger partial charge in [0.2, 0.25) is 0 Å². The first-order chi connectivity index (χ1) is 6.04. The standard InChI is InChI=1S/C8H11ClO4/c1-4-13-7(10)5(2)6(9)8(11)12-3/h4H2,1-3H3/b6-5+. The van der Waals surface area contributed by atoms with Crippen molar-refractivity contribution in [1.29, 1.82) is 0 Å². The minimum atomic E-state index is -0.743. The van der Waals surface area contributed by atoms with Crippen molar-refractivity contribution in [1.82, 2.24) is 0 Å². The van der Waals surface area contributed by atoms with Gasteiger partial charge in [-0.3, -0.25) is 0 Å². The number of hydrogen-bond donors (Lipinski definition) is 0. The number of carbonyl (C=O) groups excluding carboxylic acids is 2. The van der Waals surface area contributed by atoms with E-state index < -0.39 is 11.9 Å². The second-order valence-electron chi connectivity index (χ2n) is 2.15. The molecule has 0 atom stereocenters. The highest BCUT2D eigenvalue weighted by molar-refractivity contribution is 6.43. The van der Waals surface area contributed by atoms with E-state index in [9.17, 15) is 9.59 Å². The Bertz CT molecular complexity index is 245. The second-order valence-corrected chi connectivity index (χ2v) is 2.53. The summed E-state index contributed by atoms with van der Waals surface area (Å²) >= 11 is 5.52. The molecule has 0 aliphatic carbocycles. The zero-order valence-electron chi connectivity index (χ0n) is 7.72. The van der Waals surface area contributed by atoms with Crippen molar-refractivity contribution in [3.63, 3.8) is 0 Å². The van der Waals surface area contributed by atoms with E-state index in [1.54, 1.807) is 6.92 Å². The largest absolute Gasteiger partial charge is 0.465 e. The first-order valence-corrected chi connectivity index (χ1v) is 4.04. The van der Waals surface area contributed by atoms with Crippen molar-refractivity contribution in [2.75, 3.05) is 13.7 Å². The van der Waals surface area contributed by atoms with Gasteiger partial charge in [-0.15, -0.1) is 0 Å². The van der Waals surface area contributed by atoms with Gasteiger partial charge in [0.1, 0.15) is 5.03 Å². The fraction of sp³-hybridized carbons (Fsp3) is 0.500. The maximum absolute atomic E-state index is 11.0. The van der Waals surface area contributed by atoms with Crippen molar-refractivity contribution >= 4 is 23.5 Å². The lowest BCUT2D eigenvalue weighted by Gasteiger charge is -2.03. The molecule has 0 aromatic heterocycles. The van der Waals surface area contributed by atoms with Crippen LogP contribution in [-0.4, -0.2) is 25.7 Å². The van der Waals surface area contributed by atoms with Crippen LogP contribution in [0.1, 0.15) is 13.8 Å². The van der Waals surface area contributed by atoms with Crippen molar-refractivity contribution in [2.24, 2.45) is 0 Å². The molecule has 0 N–H and O–H groups in total. The number of carbonyl (C=O) groups is 2. The third-order valence-corrected chi connectivity index (χ3v) is 1.71. The minimum Gasteiger partial charge on any atom is -0.465 e. The monoisotopic (exact) mass is 206 g/mol. The molecule has 0 heterocycles. The fourth-order valence-corrected chi connectivity index (χ4v) is 0.726. The first kappa shape index (κ1) is 12.0. The molecule has 0 amide bonds. The molecule has 0 aromatic rings. The smallest absolute Gasteiger partial charge is 0.350 e. The Morgan fingerprint density at radius 1 is 1.31 bits per heavy atom. The van der Waals surface area contributed by atoms with Crippen LogP contribution in [0.4, 0.5) is 0 Å². The summed E-state index contributed by atoms with van der Waals surface area (Å²) in [6.07, 6.45) is 0. The topological polar surface area (TPSA) is 52.6 Å². The molecule has 0 aliphatic heterocycles. The van der Waals surface area contributed by atoms with E-state index in [2.05, 4.69) is 9.47 Å². The van der Waals surface area contributed by atoms with E-state index in [0.29, 0.717) is 0 Å². The van der Waals surface area contributed by atoms with E-state index in [4.69, 9.17) is 11.6 Å². The van der Waals surface area contributed by atoms with Gasteiger partial charge in [-0.05, 0) is 13.8 Å². The molecule has 0 rings (SSSR count). The average molecular weight is 207 g/mol. The van der Waals surface area contributed by atoms with E-state index in [1.165, 1.54) is 14.0 Å². The van der Waals surface area contributed by atoms with Crippen molar-refractivity contribution in [3.8, 4) is 0 Å². The molecule has 0 fully saturated rings. The van der Waals surface area contributed by atoms with Crippen LogP contribution in [0.15, 0.2) is 10.6 Å². The molecular weight excluding hydrogens is 196 g/mol. The highest BCUT2D eigenvalue weighted by Crippen LogP contribution is 2.12. The van der Waals surface area contributed by atoms with E-state index in [1.807, 2.05) is 0 Å². The van der Waals surface area contributed by atoms with Crippen LogP contribution in [0, 0.1) is 0 Å². The minimum absolute atomic E-state index is 0.0513. The lowest BCUT2D eigenvalue weighted by molar-refractivity contribution is -0.140. The number of esters is 2. The maximum atomic E-state index is 11.0. The van der Waals surface area contributed by atoms with Crippen LogP contribution < -0.4 is 0 Å². The van der Waals surface area contributed by atoms with Gasteiger partial charge in [0.25, 0.3) is 0 Å². The van der Waals surface area contributed by atoms with Gasteiger partial charge in [-0.2, -0.15) is 0 Å². The number of ether oxygens (including phenoxy) is 2. The SMILES string of the molecule is CCOC(=O)/C(C)=C(/Cl)C(=O)OC. The summed E-state index contributed by atoms with van der Waals surface area (Å²) in [7, 11) is 1.18. The molecule has 0 aromatic carbocycles. The average Bonchev–Trinajstić information content (AvgIpc) is 2.14. The third-order valence-electron chi connectivity index (χ3n) is 1.28. The Labute approximate surface area is 81.5 Å². The summed E-state index contributed by atoms with van der Waals surface area (Å²) in [4.78, 5) is 21.9. The quantitative estimate of drug-likeness (QED) is 0.515. The summed E-state index contributed by atoms with van der Waals surface area (Å²) in [5.41, 5.74) is 0.0513. The zero-order valence-corrected chi connectivity index (χ0v) is 8.47. The molecule has 0 unspecified atom stereocenters. The van der Waals surface area contributed by atoms with Crippen LogP contribution in [-0.2, 0) is 19.1 Å². The second kappa shape index (κ2) is 5.59. The lowest BCUT2D eigenvalue weighted by atomic mass is 10.3. The zero-order chi connectivity index (χ0) is 10.4. The molecule has 0 radical (unpaired) electrons. The molecule has 4 nitrogen and oxygen atoms in total. The van der Waals surface area contributed by atoms with Gasteiger partial charge < -0.3 is 9.47 Å². The Hall–Kier alpha value is -1.03. The van der Waals surface area contributed by atoms with Gasteiger partial charge in [0, 0.05) is 0 Å². The first-order valence-electron chi connectivity index (χ1n) is 3.66. The van der Waals surface area contributed by atoms with Crippen LogP contribution in [0.5, 0.6) is 0 Å². The van der Waals surface area contributed by atoms with Gasteiger partial charge >= 0.3 is 11.9 Å². The number of hydrogen-bond acceptors (Lipinski definition) is 4. The van der Waals surface area contributed by atoms with Crippen LogP contribution in [0.2, 0.25) is 0 Å². The predicted molar refractivity (Wildman–Crippen MR) is 47.2 cm³/mol. The number of methoxy groups -OCH3 is 1. The Kier molecular flexibility index (Phi) is 5.14. The lowest BCUT2D eigenvalue weighted by Crippen LogP contribution is -2.11. The Morgan fingerprint density at radius 3 is 2.23 bits per heavy atom. The molecule has 0 spiro atoms. The highest BCUT2D eigenvalue weighted by atomic mass is 35.5. The summed E-state index contributed by atoms with van der Waals surface area (Å²) in [5.74, 6) is -1.36. The molecule has 0 saturated heterocycles. The highest BCUT2D eigenvalue weighted by Gasteiger charge is 2.16. The van der Waals surface area contributed by atoms with Gasteiger partial charge in [-0.25, -0.2) is 9.59 Å². The van der Waals surface area contributed by atoms with Crippen molar-refractivity contribution in [2.45, 2.75) is 13.8 Å². The van der Waals surface area contributed by atoms with Crippen LogP contribution in [0.3, 0.4) is 0 Å². The molecule has 13 heavy (non-hydrogen) atoms. The third kappa shape index (κ3) is 3.46. The van der Waals surface area contributed by atoms with E-state index in [-0.39, 0.29) is 17.2 Å². The number of rotatable bonds is 3. The Morgan fingerprint density at radius 2 is 1.85 bits per heavy atom. The van der Waals surface area contributed by atoms with Crippen LogP contribution in [0.25, 0.3) is 0 Å². The van der Waals surface area contributed by atoms with Gasteiger partial charge in [0.05, 0.1) is 19.3 Å². The summed E-state index contributed by atoms with van der Waals surface area (Å²) in [6, 6.07) is 0.